The minimum atomic E-state index is -1.82. The van der Waals surface area contributed by atoms with Gasteiger partial charge in [0.05, 0.1) is 12.2 Å². The van der Waals surface area contributed by atoms with Crippen molar-refractivity contribution in [3.63, 3.8) is 0 Å². The molecule has 1 N–H and O–H groups in total. The van der Waals surface area contributed by atoms with Crippen molar-refractivity contribution < 1.29 is 52.5 Å². The van der Waals surface area contributed by atoms with E-state index in [1.807, 2.05) is 0 Å². The average Bonchev–Trinajstić information content (AvgIpc) is 3.33. The Kier molecular flexibility index (Phi) is 10.4. The van der Waals surface area contributed by atoms with Crippen LogP contribution >= 0.6 is 11.3 Å². The van der Waals surface area contributed by atoms with E-state index in [2.05, 4.69) is 5.32 Å². The third-order valence-corrected chi connectivity index (χ3v) is 6.13. The molecule has 0 radical (unpaired) electrons. The van der Waals surface area contributed by atoms with Crippen LogP contribution in [-0.2, 0) is 60.5 Å². The lowest BCUT2D eigenvalue weighted by molar-refractivity contribution is -0.190. The number of ether oxygens (including phenoxy) is 5. The van der Waals surface area contributed by atoms with Gasteiger partial charge in [0.2, 0.25) is 6.10 Å². The summed E-state index contributed by atoms with van der Waals surface area (Å²) in [5.74, 6) is -4.91. The lowest BCUT2D eigenvalue weighted by Crippen LogP contribution is -2.52. The third kappa shape index (κ3) is 7.77. The normalized spacial score (nSPS) is 14.5. The second kappa shape index (κ2) is 13.0. The second-order valence-corrected chi connectivity index (χ2v) is 8.93. The largest absolute Gasteiger partial charge is 0.462 e. The molecule has 1 amide bonds. The van der Waals surface area contributed by atoms with Gasteiger partial charge in [-0.3, -0.25) is 24.0 Å². The van der Waals surface area contributed by atoms with Crippen molar-refractivity contribution in [2.45, 2.75) is 72.2 Å². The number of hydrogen-bond acceptors (Lipinski definition) is 12. The van der Waals surface area contributed by atoms with Crippen molar-refractivity contribution in [3.05, 3.63) is 16.0 Å². The summed E-state index contributed by atoms with van der Waals surface area (Å²) < 4.78 is 25.6. The summed E-state index contributed by atoms with van der Waals surface area (Å²) in [6.45, 7) is 5.43. The molecule has 1 aliphatic carbocycles. The molecule has 0 aromatic carbocycles. The molecule has 1 aromatic heterocycles. The van der Waals surface area contributed by atoms with Gasteiger partial charge >= 0.3 is 29.8 Å². The Bertz CT molecular complexity index is 1030. The van der Waals surface area contributed by atoms with Crippen LogP contribution < -0.4 is 5.32 Å². The molecule has 36 heavy (non-hydrogen) atoms. The standard InChI is InChI=1S/C23H29NO11S/c1-6-31-23(30)18-15-8-7-9-17(15)36-22(18)24-21(29)20(35-14(5)28)19(34-13(4)27)16(33-12(3)26)10-32-11(2)25/h16,19-20H,6-10H2,1-5H3,(H,24,29)/t16-,19-,20+/m1/s1. The van der Waals surface area contributed by atoms with Gasteiger partial charge in [0.1, 0.15) is 11.6 Å². The van der Waals surface area contributed by atoms with Crippen LogP contribution in [0.2, 0.25) is 0 Å². The average molecular weight is 528 g/mol. The fourth-order valence-corrected chi connectivity index (χ4v) is 4.96. The maximum Gasteiger partial charge on any atom is 0.341 e. The summed E-state index contributed by atoms with van der Waals surface area (Å²) >= 11 is 1.19. The molecule has 12 nitrogen and oxygen atoms in total. The SMILES string of the molecule is CCOC(=O)c1c(NC(=O)[C@@H](OC(C)=O)[C@H](OC(C)=O)[C@@H](COC(C)=O)OC(C)=O)sc2c1CCC2. The van der Waals surface area contributed by atoms with Crippen molar-refractivity contribution in [1.29, 1.82) is 0 Å². The van der Waals surface area contributed by atoms with Crippen LogP contribution in [0.3, 0.4) is 0 Å². The minimum Gasteiger partial charge on any atom is -0.462 e. The van der Waals surface area contributed by atoms with Gasteiger partial charge in [-0.25, -0.2) is 4.79 Å². The van der Waals surface area contributed by atoms with Crippen molar-refractivity contribution in [2.24, 2.45) is 0 Å². The molecule has 0 aliphatic heterocycles. The van der Waals surface area contributed by atoms with Crippen molar-refractivity contribution >= 4 is 52.1 Å². The first kappa shape index (κ1) is 28.8. The van der Waals surface area contributed by atoms with Crippen LogP contribution in [0.4, 0.5) is 5.00 Å². The van der Waals surface area contributed by atoms with Crippen molar-refractivity contribution in [2.75, 3.05) is 18.5 Å². The van der Waals surface area contributed by atoms with Crippen molar-refractivity contribution in [1.82, 2.24) is 0 Å². The summed E-state index contributed by atoms with van der Waals surface area (Å²) in [6, 6.07) is 0. The fraction of sp³-hybridized carbons (Fsp3) is 0.565. The van der Waals surface area contributed by atoms with Crippen LogP contribution in [-0.4, -0.2) is 67.3 Å². The lowest BCUT2D eigenvalue weighted by Gasteiger charge is -2.30. The summed E-state index contributed by atoms with van der Waals surface area (Å²) in [6.07, 6.45) is -2.76. The molecule has 2 rings (SSSR count). The van der Waals surface area contributed by atoms with Crippen LogP contribution in [0, 0.1) is 0 Å². The number of amides is 1. The third-order valence-electron chi connectivity index (χ3n) is 4.92. The van der Waals surface area contributed by atoms with E-state index in [0.717, 1.165) is 51.0 Å². The number of rotatable bonds is 11. The number of fused-ring (bicyclic) bond motifs is 1. The Morgan fingerprint density at radius 2 is 1.50 bits per heavy atom. The first-order valence-corrected chi connectivity index (χ1v) is 12.0. The number of carbonyl (C=O) groups is 6. The molecule has 0 bridgehead atoms. The van der Waals surface area contributed by atoms with E-state index in [1.54, 1.807) is 6.92 Å². The zero-order valence-corrected chi connectivity index (χ0v) is 21.5. The van der Waals surface area contributed by atoms with Gasteiger partial charge in [0.15, 0.2) is 12.2 Å². The molecule has 1 heterocycles. The first-order valence-electron chi connectivity index (χ1n) is 11.2. The molecule has 0 spiro atoms. The molecule has 3 atom stereocenters. The Morgan fingerprint density at radius 1 is 0.861 bits per heavy atom. The molecular weight excluding hydrogens is 498 g/mol. The topological polar surface area (TPSA) is 161 Å². The Balaban J connectivity index is 2.46. The minimum absolute atomic E-state index is 0.127. The van der Waals surface area contributed by atoms with Crippen LogP contribution in [0.1, 0.15) is 61.8 Å². The number of anilines is 1. The maximum atomic E-state index is 13.4. The number of carbonyl (C=O) groups excluding carboxylic acids is 6. The predicted octanol–water partition coefficient (Wildman–Crippen LogP) is 1.71. The number of hydrogen-bond donors (Lipinski definition) is 1. The summed E-state index contributed by atoms with van der Waals surface area (Å²) in [4.78, 5) is 73.7. The molecule has 0 unspecified atom stereocenters. The molecule has 1 aromatic rings. The quantitative estimate of drug-likeness (QED) is 0.329. The van der Waals surface area contributed by atoms with Gasteiger partial charge in [-0.2, -0.15) is 0 Å². The van der Waals surface area contributed by atoms with Crippen LogP contribution in [0.25, 0.3) is 0 Å². The second-order valence-electron chi connectivity index (χ2n) is 7.83. The molecule has 1 aliphatic rings. The predicted molar refractivity (Wildman–Crippen MR) is 124 cm³/mol. The molecule has 0 saturated heterocycles. The van der Waals surface area contributed by atoms with Gasteiger partial charge in [0.25, 0.3) is 5.91 Å². The molecule has 13 heteroatoms. The molecular formula is C23H29NO11S. The van der Waals surface area contributed by atoms with Gasteiger partial charge in [-0.05, 0) is 31.7 Å². The summed E-state index contributed by atoms with van der Waals surface area (Å²) in [7, 11) is 0. The lowest BCUT2D eigenvalue weighted by atomic mass is 10.1. The zero-order valence-electron chi connectivity index (χ0n) is 20.7. The fourth-order valence-electron chi connectivity index (χ4n) is 3.68. The van der Waals surface area contributed by atoms with Gasteiger partial charge < -0.3 is 29.0 Å². The van der Waals surface area contributed by atoms with E-state index in [-0.39, 0.29) is 17.2 Å². The van der Waals surface area contributed by atoms with Gasteiger partial charge in [-0.15, -0.1) is 11.3 Å². The van der Waals surface area contributed by atoms with Crippen LogP contribution in [0.15, 0.2) is 0 Å². The smallest absolute Gasteiger partial charge is 0.341 e. The van der Waals surface area contributed by atoms with Gasteiger partial charge in [0, 0.05) is 32.6 Å². The number of thiophene rings is 1. The molecule has 198 valence electrons. The Hall–Kier alpha value is -3.48. The molecule has 0 saturated carbocycles. The molecule has 0 fully saturated rings. The van der Waals surface area contributed by atoms with Gasteiger partial charge in [-0.1, -0.05) is 0 Å². The highest BCUT2D eigenvalue weighted by Gasteiger charge is 2.43. The Morgan fingerprint density at radius 3 is 2.06 bits per heavy atom. The number of esters is 5. The van der Waals surface area contributed by atoms with Crippen LogP contribution in [0.5, 0.6) is 0 Å². The highest BCUT2D eigenvalue weighted by Crippen LogP contribution is 2.39. The summed E-state index contributed by atoms with van der Waals surface area (Å²) in [5.41, 5.74) is 0.992. The zero-order chi connectivity index (χ0) is 27.0. The highest BCUT2D eigenvalue weighted by molar-refractivity contribution is 7.17. The summed E-state index contributed by atoms with van der Waals surface area (Å²) in [5, 5.41) is 2.76. The number of nitrogens with one attached hydrogen (secondary N) is 1. The van der Waals surface area contributed by atoms with E-state index >= 15 is 0 Å². The monoisotopic (exact) mass is 527 g/mol. The Labute approximate surface area is 211 Å². The van der Waals surface area contributed by atoms with E-state index in [9.17, 15) is 28.8 Å². The van der Waals surface area contributed by atoms with E-state index in [1.165, 1.54) is 11.3 Å². The maximum absolute atomic E-state index is 13.4. The number of aryl methyl sites for hydroxylation is 1. The van der Waals surface area contributed by atoms with E-state index in [0.29, 0.717) is 6.42 Å². The van der Waals surface area contributed by atoms with E-state index in [4.69, 9.17) is 23.7 Å². The highest BCUT2D eigenvalue weighted by atomic mass is 32.1. The van der Waals surface area contributed by atoms with E-state index < -0.39 is 60.7 Å². The first-order chi connectivity index (χ1) is 16.9. The van der Waals surface area contributed by atoms with Crippen molar-refractivity contribution in [3.8, 4) is 0 Å².